The van der Waals surface area contributed by atoms with Crippen LogP contribution in [0.15, 0.2) is 0 Å². The van der Waals surface area contributed by atoms with E-state index in [9.17, 15) is 0 Å². The Labute approximate surface area is 76.1 Å². The largest absolute Gasteiger partial charge is 0.306 e. The topological polar surface area (TPSA) is 3.24 Å². The Kier molecular flexibility index (Phi) is 1.76. The molecule has 0 aliphatic heterocycles. The first kappa shape index (κ1) is 8.55. The van der Waals surface area contributed by atoms with Crippen LogP contribution in [0.5, 0.6) is 0 Å². The Morgan fingerprint density at radius 2 is 1.83 bits per heavy atom. The van der Waals surface area contributed by atoms with E-state index in [1.165, 1.54) is 19.3 Å². The second kappa shape index (κ2) is 2.47. The van der Waals surface area contributed by atoms with Crippen molar-refractivity contribution in [2.45, 2.75) is 39.2 Å². The van der Waals surface area contributed by atoms with Gasteiger partial charge in [-0.3, -0.25) is 0 Å². The molecule has 1 heteroatoms. The Balaban J connectivity index is 2.23. The smallest absolute Gasteiger partial charge is 0.0171 e. The summed E-state index contributed by atoms with van der Waals surface area (Å²) in [5, 5.41) is 0. The molecule has 2 bridgehead atoms. The SMILES string of the molecule is CN(C)C1C2CCC(C2)C1(C)C. The molecule has 0 aromatic heterocycles. The lowest BCUT2D eigenvalue weighted by atomic mass is 9.72. The summed E-state index contributed by atoms with van der Waals surface area (Å²) in [5.41, 5.74) is 0.576. The van der Waals surface area contributed by atoms with Gasteiger partial charge in [0.15, 0.2) is 0 Å². The van der Waals surface area contributed by atoms with Gasteiger partial charge in [-0.15, -0.1) is 0 Å². The number of hydrogen-bond acceptors (Lipinski definition) is 1. The van der Waals surface area contributed by atoms with Crippen molar-refractivity contribution in [1.82, 2.24) is 4.90 Å². The normalized spacial score (nSPS) is 44.2. The summed E-state index contributed by atoms with van der Waals surface area (Å²) in [6.45, 7) is 4.92. The molecule has 0 radical (unpaired) electrons. The third-order valence-electron chi connectivity index (χ3n) is 4.29. The zero-order valence-corrected chi connectivity index (χ0v) is 8.80. The summed E-state index contributed by atoms with van der Waals surface area (Å²) in [7, 11) is 4.49. The van der Waals surface area contributed by atoms with E-state index in [2.05, 4.69) is 32.8 Å². The van der Waals surface area contributed by atoms with Gasteiger partial charge in [-0.1, -0.05) is 13.8 Å². The Bertz CT molecular complexity index is 183. The highest BCUT2D eigenvalue weighted by atomic mass is 15.1. The van der Waals surface area contributed by atoms with Gasteiger partial charge in [-0.05, 0) is 50.6 Å². The molecule has 2 aliphatic rings. The molecule has 2 rings (SSSR count). The highest BCUT2D eigenvalue weighted by Crippen LogP contribution is 2.56. The molecule has 0 aromatic carbocycles. The van der Waals surface area contributed by atoms with E-state index in [-0.39, 0.29) is 0 Å². The maximum Gasteiger partial charge on any atom is 0.0171 e. The molecule has 2 fully saturated rings. The van der Waals surface area contributed by atoms with Gasteiger partial charge in [-0.25, -0.2) is 0 Å². The fraction of sp³-hybridized carbons (Fsp3) is 1.00. The van der Waals surface area contributed by atoms with E-state index < -0.39 is 0 Å². The lowest BCUT2D eigenvalue weighted by Crippen LogP contribution is -2.45. The van der Waals surface area contributed by atoms with Gasteiger partial charge >= 0.3 is 0 Å². The molecule has 1 nitrogen and oxygen atoms in total. The maximum atomic E-state index is 2.46. The first-order chi connectivity index (χ1) is 5.53. The molecule has 70 valence electrons. The zero-order valence-electron chi connectivity index (χ0n) is 8.80. The maximum absolute atomic E-state index is 2.46. The molecule has 2 aliphatic carbocycles. The number of hydrogen-bond donors (Lipinski definition) is 0. The first-order valence-corrected chi connectivity index (χ1v) is 5.20. The minimum atomic E-state index is 0.576. The molecule has 2 saturated carbocycles. The highest BCUT2D eigenvalue weighted by molar-refractivity contribution is 5.05. The van der Waals surface area contributed by atoms with Crippen molar-refractivity contribution in [2.24, 2.45) is 17.3 Å². The van der Waals surface area contributed by atoms with Crippen LogP contribution in [-0.4, -0.2) is 25.0 Å². The van der Waals surface area contributed by atoms with Gasteiger partial charge in [0.05, 0.1) is 0 Å². The van der Waals surface area contributed by atoms with E-state index in [0.29, 0.717) is 5.41 Å². The van der Waals surface area contributed by atoms with Crippen LogP contribution in [0.25, 0.3) is 0 Å². The molecule has 3 unspecified atom stereocenters. The molecule has 0 N–H and O–H groups in total. The highest BCUT2D eigenvalue weighted by Gasteiger charge is 2.53. The molecular formula is C11H21N. The van der Waals surface area contributed by atoms with Gasteiger partial charge < -0.3 is 4.90 Å². The van der Waals surface area contributed by atoms with Gasteiger partial charge in [0.2, 0.25) is 0 Å². The van der Waals surface area contributed by atoms with E-state index in [1.807, 2.05) is 0 Å². The third kappa shape index (κ3) is 0.953. The molecule has 0 spiro atoms. The summed E-state index contributed by atoms with van der Waals surface area (Å²) >= 11 is 0. The summed E-state index contributed by atoms with van der Waals surface area (Å²) in [6, 6.07) is 0.844. The lowest BCUT2D eigenvalue weighted by Gasteiger charge is -2.42. The minimum absolute atomic E-state index is 0.576. The van der Waals surface area contributed by atoms with Gasteiger partial charge in [-0.2, -0.15) is 0 Å². The van der Waals surface area contributed by atoms with Crippen LogP contribution in [0, 0.1) is 17.3 Å². The quantitative estimate of drug-likeness (QED) is 0.579. The van der Waals surface area contributed by atoms with E-state index in [0.717, 1.165) is 17.9 Å². The second-order valence-corrected chi connectivity index (χ2v) is 5.50. The van der Waals surface area contributed by atoms with Crippen LogP contribution in [0.1, 0.15) is 33.1 Å². The van der Waals surface area contributed by atoms with Crippen LogP contribution in [0.2, 0.25) is 0 Å². The third-order valence-corrected chi connectivity index (χ3v) is 4.29. The van der Waals surface area contributed by atoms with Crippen molar-refractivity contribution < 1.29 is 0 Å². The summed E-state index contributed by atoms with van der Waals surface area (Å²) in [6.07, 6.45) is 4.47. The molecular weight excluding hydrogens is 146 g/mol. The predicted octanol–water partition coefficient (Wildman–Crippen LogP) is 2.37. The first-order valence-electron chi connectivity index (χ1n) is 5.20. The molecule has 0 amide bonds. The molecule has 0 aromatic rings. The molecule has 3 atom stereocenters. The van der Waals surface area contributed by atoms with Crippen molar-refractivity contribution in [3.63, 3.8) is 0 Å². The summed E-state index contributed by atoms with van der Waals surface area (Å²) < 4.78 is 0. The van der Waals surface area contributed by atoms with Crippen LogP contribution in [0.3, 0.4) is 0 Å². The van der Waals surface area contributed by atoms with Crippen LogP contribution in [0.4, 0.5) is 0 Å². The summed E-state index contributed by atoms with van der Waals surface area (Å²) in [4.78, 5) is 2.45. The monoisotopic (exact) mass is 167 g/mol. The second-order valence-electron chi connectivity index (χ2n) is 5.50. The van der Waals surface area contributed by atoms with Crippen molar-refractivity contribution in [3.05, 3.63) is 0 Å². The Morgan fingerprint density at radius 1 is 1.17 bits per heavy atom. The lowest BCUT2D eigenvalue weighted by molar-refractivity contribution is 0.0754. The summed E-state index contributed by atoms with van der Waals surface area (Å²) in [5.74, 6) is 2.01. The Morgan fingerprint density at radius 3 is 2.17 bits per heavy atom. The average molecular weight is 167 g/mol. The standard InChI is InChI=1S/C11H21N/c1-11(2)9-6-5-8(7-9)10(11)12(3)4/h8-10H,5-7H2,1-4H3. The average Bonchev–Trinajstić information content (AvgIpc) is 2.41. The fourth-order valence-electron chi connectivity index (χ4n) is 3.92. The minimum Gasteiger partial charge on any atom is -0.306 e. The van der Waals surface area contributed by atoms with Crippen LogP contribution < -0.4 is 0 Å². The van der Waals surface area contributed by atoms with Crippen LogP contribution in [-0.2, 0) is 0 Å². The molecule has 12 heavy (non-hydrogen) atoms. The van der Waals surface area contributed by atoms with Crippen LogP contribution >= 0.6 is 0 Å². The number of fused-ring (bicyclic) bond motifs is 2. The van der Waals surface area contributed by atoms with E-state index in [4.69, 9.17) is 0 Å². The zero-order chi connectivity index (χ0) is 8.93. The van der Waals surface area contributed by atoms with Gasteiger partial charge in [0, 0.05) is 6.04 Å². The Hall–Kier alpha value is -0.0400. The fourth-order valence-corrected chi connectivity index (χ4v) is 3.92. The van der Waals surface area contributed by atoms with Crippen molar-refractivity contribution in [1.29, 1.82) is 0 Å². The van der Waals surface area contributed by atoms with Crippen molar-refractivity contribution in [3.8, 4) is 0 Å². The number of nitrogens with zero attached hydrogens (tertiary/aromatic N) is 1. The van der Waals surface area contributed by atoms with E-state index in [1.54, 1.807) is 0 Å². The van der Waals surface area contributed by atoms with E-state index >= 15 is 0 Å². The predicted molar refractivity (Wildman–Crippen MR) is 52.1 cm³/mol. The number of rotatable bonds is 1. The van der Waals surface area contributed by atoms with Crippen molar-refractivity contribution >= 4 is 0 Å². The van der Waals surface area contributed by atoms with Crippen molar-refractivity contribution in [2.75, 3.05) is 14.1 Å². The van der Waals surface area contributed by atoms with Gasteiger partial charge in [0.1, 0.15) is 0 Å². The van der Waals surface area contributed by atoms with Gasteiger partial charge in [0.25, 0.3) is 0 Å². The molecule has 0 heterocycles. The molecule has 0 saturated heterocycles.